The van der Waals surface area contributed by atoms with E-state index in [0.29, 0.717) is 12.0 Å². The largest absolute Gasteiger partial charge is 0.326 e. The fraction of sp³-hybridized carbons (Fsp3) is 0.409. The molecule has 1 heterocycles. The molecule has 0 aliphatic heterocycles. The van der Waals surface area contributed by atoms with Crippen molar-refractivity contribution in [1.82, 2.24) is 9.78 Å². The summed E-state index contributed by atoms with van der Waals surface area (Å²) in [6, 6.07) is 7.04. The fourth-order valence-electron chi connectivity index (χ4n) is 3.74. The molecule has 2 aromatic rings. The van der Waals surface area contributed by atoms with Crippen LogP contribution in [0.15, 0.2) is 36.9 Å². The number of nitrogens with one attached hydrogen (secondary N) is 1. The summed E-state index contributed by atoms with van der Waals surface area (Å²) in [5, 5.41) is 7.36. The number of carbonyl (C=O) groups excluding carboxylic acids is 2. The molecule has 1 fully saturated rings. The van der Waals surface area contributed by atoms with Crippen LogP contribution in [0.3, 0.4) is 0 Å². The predicted molar refractivity (Wildman–Crippen MR) is 107 cm³/mol. The number of rotatable bonds is 5. The van der Waals surface area contributed by atoms with Gasteiger partial charge in [0, 0.05) is 28.4 Å². The number of benzene rings is 1. The molecule has 1 saturated carbocycles. The lowest BCUT2D eigenvalue weighted by Gasteiger charge is -2.20. The van der Waals surface area contributed by atoms with Crippen LogP contribution < -0.4 is 5.32 Å². The third-order valence-corrected chi connectivity index (χ3v) is 5.36. The number of aryl methyl sites for hydroxylation is 1. The van der Waals surface area contributed by atoms with E-state index in [0.717, 1.165) is 48.3 Å². The van der Waals surface area contributed by atoms with Crippen LogP contribution in [0.5, 0.6) is 0 Å². The van der Waals surface area contributed by atoms with E-state index in [2.05, 4.69) is 17.0 Å². The van der Waals surface area contributed by atoms with Gasteiger partial charge in [-0.1, -0.05) is 25.3 Å². The summed E-state index contributed by atoms with van der Waals surface area (Å²) in [5.41, 5.74) is 3.99. The topological polar surface area (TPSA) is 64.0 Å². The quantitative estimate of drug-likeness (QED) is 0.797. The number of carbonyl (C=O) groups is 2. The predicted octanol–water partition coefficient (Wildman–Crippen LogP) is 4.44. The van der Waals surface area contributed by atoms with Crippen LogP contribution in [0.1, 0.15) is 59.4 Å². The van der Waals surface area contributed by atoms with Gasteiger partial charge in [0.2, 0.25) is 5.91 Å². The summed E-state index contributed by atoms with van der Waals surface area (Å²) in [6.45, 7) is 7.56. The molecule has 3 rings (SSSR count). The minimum Gasteiger partial charge on any atom is -0.326 e. The van der Waals surface area contributed by atoms with Crippen molar-refractivity contribution in [3.8, 4) is 0 Å². The number of hydrogen-bond donors (Lipinski definition) is 1. The number of allylic oxidation sites excluding steroid dienone is 1. The van der Waals surface area contributed by atoms with Gasteiger partial charge in [0.25, 0.3) is 5.91 Å². The van der Waals surface area contributed by atoms with Crippen molar-refractivity contribution in [3.05, 3.63) is 59.4 Å². The molecule has 0 unspecified atom stereocenters. The molecule has 1 aliphatic rings. The Balaban J connectivity index is 1.71. The molecular formula is C22H27N3O2. The summed E-state index contributed by atoms with van der Waals surface area (Å²) >= 11 is 0. The van der Waals surface area contributed by atoms with Crippen molar-refractivity contribution in [2.75, 3.05) is 5.32 Å². The zero-order valence-corrected chi connectivity index (χ0v) is 16.1. The van der Waals surface area contributed by atoms with Gasteiger partial charge in [0.1, 0.15) is 0 Å². The van der Waals surface area contributed by atoms with Crippen LogP contribution >= 0.6 is 0 Å². The van der Waals surface area contributed by atoms with Crippen LogP contribution in [0.25, 0.3) is 0 Å². The van der Waals surface area contributed by atoms with Crippen LogP contribution in [0, 0.1) is 19.8 Å². The zero-order valence-electron chi connectivity index (χ0n) is 16.1. The van der Waals surface area contributed by atoms with E-state index in [4.69, 9.17) is 0 Å². The van der Waals surface area contributed by atoms with E-state index < -0.39 is 0 Å². The van der Waals surface area contributed by atoms with Gasteiger partial charge in [-0.3, -0.25) is 9.59 Å². The van der Waals surface area contributed by atoms with Crippen LogP contribution in [0.4, 0.5) is 5.69 Å². The van der Waals surface area contributed by atoms with E-state index in [1.54, 1.807) is 24.3 Å². The Hall–Kier alpha value is -2.69. The Bertz CT molecular complexity index is 843. The van der Waals surface area contributed by atoms with E-state index >= 15 is 0 Å². The van der Waals surface area contributed by atoms with Crippen LogP contribution in [-0.4, -0.2) is 21.6 Å². The highest BCUT2D eigenvalue weighted by Crippen LogP contribution is 2.25. The first-order valence-corrected chi connectivity index (χ1v) is 9.63. The Morgan fingerprint density at radius 2 is 1.85 bits per heavy atom. The van der Waals surface area contributed by atoms with Gasteiger partial charge in [-0.2, -0.15) is 5.10 Å². The van der Waals surface area contributed by atoms with Crippen molar-refractivity contribution in [2.45, 2.75) is 52.4 Å². The van der Waals surface area contributed by atoms with Gasteiger partial charge in [0.15, 0.2) is 0 Å². The van der Waals surface area contributed by atoms with Crippen molar-refractivity contribution >= 4 is 17.5 Å². The molecule has 1 aromatic heterocycles. The van der Waals surface area contributed by atoms with Gasteiger partial charge in [0.05, 0.1) is 5.69 Å². The highest BCUT2D eigenvalue weighted by atomic mass is 16.2. The Labute approximate surface area is 160 Å². The second-order valence-corrected chi connectivity index (χ2v) is 7.26. The maximum Gasteiger partial charge on any atom is 0.278 e. The van der Waals surface area contributed by atoms with Crippen molar-refractivity contribution < 1.29 is 9.59 Å². The highest BCUT2D eigenvalue weighted by molar-refractivity contribution is 5.97. The summed E-state index contributed by atoms with van der Waals surface area (Å²) in [4.78, 5) is 25.2. The van der Waals surface area contributed by atoms with Gasteiger partial charge in [-0.05, 0) is 57.4 Å². The van der Waals surface area contributed by atoms with Gasteiger partial charge in [-0.25, -0.2) is 4.68 Å². The Morgan fingerprint density at radius 1 is 1.19 bits per heavy atom. The lowest BCUT2D eigenvalue weighted by atomic mass is 9.88. The second-order valence-electron chi connectivity index (χ2n) is 7.26. The zero-order chi connectivity index (χ0) is 19.4. The van der Waals surface area contributed by atoms with Crippen molar-refractivity contribution in [1.29, 1.82) is 0 Å². The lowest BCUT2D eigenvalue weighted by Crippen LogP contribution is -2.24. The first-order chi connectivity index (χ1) is 13.0. The molecule has 1 aromatic carbocycles. The maximum absolute atomic E-state index is 12.8. The molecule has 0 saturated heterocycles. The van der Waals surface area contributed by atoms with Crippen molar-refractivity contribution in [2.24, 2.45) is 5.92 Å². The molecule has 5 nitrogen and oxygen atoms in total. The summed E-state index contributed by atoms with van der Waals surface area (Å²) in [6.07, 6.45) is 7.92. The molecule has 5 heteroatoms. The molecule has 1 aliphatic carbocycles. The average molecular weight is 365 g/mol. The average Bonchev–Trinajstić information content (AvgIpc) is 2.97. The third-order valence-electron chi connectivity index (χ3n) is 5.36. The first kappa shape index (κ1) is 19.1. The standard InChI is InChI=1S/C22H27N3O2/c1-4-8-20-15(2)24-25(16(20)3)22(27)18-11-13-19(14-12-18)23-21(26)17-9-6-5-7-10-17/h4,11-14,17H,1,5-10H2,2-3H3,(H,23,26). The third kappa shape index (κ3) is 4.18. The number of nitrogens with zero attached hydrogens (tertiary/aromatic N) is 2. The number of amides is 1. The molecular weight excluding hydrogens is 338 g/mol. The van der Waals surface area contributed by atoms with E-state index in [1.165, 1.54) is 11.1 Å². The normalized spacial score (nSPS) is 14.7. The monoisotopic (exact) mass is 365 g/mol. The maximum atomic E-state index is 12.8. The molecule has 0 bridgehead atoms. The fourth-order valence-corrected chi connectivity index (χ4v) is 3.74. The van der Waals surface area contributed by atoms with Crippen LogP contribution in [-0.2, 0) is 11.2 Å². The minimum atomic E-state index is -0.170. The van der Waals surface area contributed by atoms with Gasteiger partial charge >= 0.3 is 0 Å². The van der Waals surface area contributed by atoms with Crippen LogP contribution in [0.2, 0.25) is 0 Å². The number of anilines is 1. The molecule has 0 radical (unpaired) electrons. The molecule has 1 amide bonds. The van der Waals surface area contributed by atoms with Gasteiger partial charge in [-0.15, -0.1) is 6.58 Å². The summed E-state index contributed by atoms with van der Waals surface area (Å²) in [5.74, 6) is 0.0236. The molecule has 0 atom stereocenters. The van der Waals surface area contributed by atoms with E-state index in [1.807, 2.05) is 19.9 Å². The molecule has 0 spiro atoms. The van der Waals surface area contributed by atoms with E-state index in [9.17, 15) is 9.59 Å². The molecule has 27 heavy (non-hydrogen) atoms. The van der Waals surface area contributed by atoms with Gasteiger partial charge < -0.3 is 5.32 Å². The van der Waals surface area contributed by atoms with Crippen molar-refractivity contribution in [3.63, 3.8) is 0 Å². The minimum absolute atomic E-state index is 0.0846. The second kappa shape index (κ2) is 8.33. The lowest BCUT2D eigenvalue weighted by molar-refractivity contribution is -0.120. The Kier molecular flexibility index (Phi) is 5.89. The molecule has 1 N–H and O–H groups in total. The number of aromatic nitrogens is 2. The smallest absolute Gasteiger partial charge is 0.278 e. The number of hydrogen-bond acceptors (Lipinski definition) is 3. The van der Waals surface area contributed by atoms with E-state index in [-0.39, 0.29) is 17.7 Å². The first-order valence-electron chi connectivity index (χ1n) is 9.63. The molecule has 142 valence electrons. The summed E-state index contributed by atoms with van der Waals surface area (Å²) < 4.78 is 1.45. The highest BCUT2D eigenvalue weighted by Gasteiger charge is 2.21. The summed E-state index contributed by atoms with van der Waals surface area (Å²) in [7, 11) is 0. The Morgan fingerprint density at radius 3 is 2.48 bits per heavy atom. The SMILES string of the molecule is C=CCc1c(C)nn(C(=O)c2ccc(NC(=O)C3CCCCC3)cc2)c1C.